The maximum atomic E-state index is 11.8. The van der Waals surface area contributed by atoms with Crippen LogP contribution in [-0.4, -0.2) is 21.4 Å². The van der Waals surface area contributed by atoms with Crippen LogP contribution in [0.25, 0.3) is 0 Å². The van der Waals surface area contributed by atoms with Crippen LogP contribution >= 0.6 is 7.60 Å². The molecule has 0 aliphatic carbocycles. The first-order valence-corrected chi connectivity index (χ1v) is 10.3. The number of allylic oxidation sites excluding steroid dienone is 3. The maximum absolute atomic E-state index is 11.8. The monoisotopic (exact) mass is 359 g/mol. The summed E-state index contributed by atoms with van der Waals surface area (Å²) in [5, 5.41) is 2.43. The maximum Gasteiger partial charge on any atom is 0.334 e. The molecular formula is C18H34NO4P. The van der Waals surface area contributed by atoms with Gasteiger partial charge < -0.3 is 15.1 Å². The van der Waals surface area contributed by atoms with Crippen LogP contribution in [0.1, 0.15) is 66.7 Å². The number of nitrogens with one attached hydrogen (secondary N) is 1. The highest BCUT2D eigenvalue weighted by Crippen LogP contribution is 2.48. The minimum Gasteiger partial charge on any atom is -0.330 e. The Balaban J connectivity index is 4.62. The molecule has 6 heteroatoms. The number of carbonyl (C=O) groups is 1. The zero-order chi connectivity index (χ0) is 18.9. The van der Waals surface area contributed by atoms with E-state index in [-0.39, 0.29) is 17.5 Å². The van der Waals surface area contributed by atoms with Crippen molar-refractivity contribution in [3.8, 4) is 0 Å². The van der Waals surface area contributed by atoms with Crippen molar-refractivity contribution >= 4 is 13.5 Å². The Kier molecular flexibility index (Phi) is 10.5. The minimum absolute atomic E-state index is 0.0981. The minimum atomic E-state index is -4.37. The zero-order valence-corrected chi connectivity index (χ0v) is 16.6. The van der Waals surface area contributed by atoms with E-state index in [0.29, 0.717) is 12.3 Å². The van der Waals surface area contributed by atoms with Gasteiger partial charge in [-0.05, 0) is 44.4 Å². The standard InChI is InChI=1S/C18H34NO4P/c1-13(2)9-7-10-14(3)11-8-12-15(4)18(24(21,22)23)16(5)19-17(6)20/h11,13,15,18H,5,7-10,12H2,1-4,6H3,(H,19,20)(H2,21,22,23)/b14-11+. The van der Waals surface area contributed by atoms with Crippen molar-refractivity contribution in [2.24, 2.45) is 11.8 Å². The number of amides is 1. The highest BCUT2D eigenvalue weighted by Gasteiger charge is 2.36. The van der Waals surface area contributed by atoms with E-state index in [2.05, 4.69) is 38.7 Å². The van der Waals surface area contributed by atoms with Crippen molar-refractivity contribution in [3.63, 3.8) is 0 Å². The van der Waals surface area contributed by atoms with Gasteiger partial charge in [0.1, 0.15) is 5.66 Å². The molecule has 0 aromatic rings. The summed E-state index contributed by atoms with van der Waals surface area (Å²) in [5.74, 6) is 0.0676. The van der Waals surface area contributed by atoms with Gasteiger partial charge in [-0.2, -0.15) is 0 Å². The first-order valence-electron chi connectivity index (χ1n) is 8.62. The highest BCUT2D eigenvalue weighted by molar-refractivity contribution is 7.52. The average molecular weight is 359 g/mol. The van der Waals surface area contributed by atoms with Gasteiger partial charge in [-0.15, -0.1) is 0 Å². The number of hydrogen-bond acceptors (Lipinski definition) is 2. The topological polar surface area (TPSA) is 86.6 Å². The van der Waals surface area contributed by atoms with E-state index in [1.54, 1.807) is 6.92 Å². The predicted octanol–water partition coefficient (Wildman–Crippen LogP) is 4.37. The van der Waals surface area contributed by atoms with Crippen molar-refractivity contribution in [1.82, 2.24) is 5.32 Å². The summed E-state index contributed by atoms with van der Waals surface area (Å²) in [4.78, 5) is 30.3. The van der Waals surface area contributed by atoms with Crippen LogP contribution in [0.15, 0.2) is 23.9 Å². The van der Waals surface area contributed by atoms with Gasteiger partial charge in [0.15, 0.2) is 0 Å². The van der Waals surface area contributed by atoms with E-state index in [4.69, 9.17) is 0 Å². The molecule has 0 bridgehead atoms. The van der Waals surface area contributed by atoms with Gasteiger partial charge in [-0.1, -0.05) is 45.4 Å². The van der Waals surface area contributed by atoms with Crippen LogP contribution in [0.3, 0.4) is 0 Å². The molecule has 24 heavy (non-hydrogen) atoms. The molecule has 0 heterocycles. The Morgan fingerprint density at radius 1 is 1.21 bits per heavy atom. The van der Waals surface area contributed by atoms with Crippen LogP contribution in [-0.2, 0) is 9.36 Å². The first-order chi connectivity index (χ1) is 10.9. The van der Waals surface area contributed by atoms with Gasteiger partial charge >= 0.3 is 7.60 Å². The van der Waals surface area contributed by atoms with E-state index < -0.39 is 13.3 Å². The van der Waals surface area contributed by atoms with Crippen molar-refractivity contribution < 1.29 is 19.1 Å². The average Bonchev–Trinajstić information content (AvgIpc) is 2.35. The largest absolute Gasteiger partial charge is 0.334 e. The van der Waals surface area contributed by atoms with Gasteiger partial charge in [0, 0.05) is 12.6 Å². The second-order valence-electron chi connectivity index (χ2n) is 7.13. The molecule has 2 unspecified atom stereocenters. The van der Waals surface area contributed by atoms with Crippen LogP contribution in [0.5, 0.6) is 0 Å². The van der Waals surface area contributed by atoms with Crippen molar-refractivity contribution in [2.75, 3.05) is 0 Å². The third kappa shape index (κ3) is 10.1. The Labute approximate surface area is 146 Å². The van der Waals surface area contributed by atoms with Crippen LogP contribution in [0.2, 0.25) is 0 Å². The molecule has 0 aromatic carbocycles. The molecule has 0 saturated heterocycles. The zero-order valence-electron chi connectivity index (χ0n) is 15.7. The van der Waals surface area contributed by atoms with Gasteiger partial charge in [-0.3, -0.25) is 9.36 Å². The fourth-order valence-electron chi connectivity index (χ4n) is 2.82. The molecular weight excluding hydrogens is 325 g/mol. The summed E-state index contributed by atoms with van der Waals surface area (Å²) in [6, 6.07) is 0. The third-order valence-electron chi connectivity index (χ3n) is 4.06. The van der Waals surface area contributed by atoms with Crippen molar-refractivity contribution in [3.05, 3.63) is 23.9 Å². The molecule has 3 N–H and O–H groups in total. The van der Waals surface area contributed by atoms with Crippen LogP contribution in [0, 0.1) is 11.8 Å². The smallest absolute Gasteiger partial charge is 0.330 e. The number of rotatable bonds is 11. The first kappa shape index (κ1) is 23.1. The fraction of sp³-hybridized carbons (Fsp3) is 0.722. The SMILES string of the molecule is C=C(NC(C)=O)C(C(C)CC/C=C(\C)CCCC(C)C)P(=O)(O)O. The molecule has 2 atom stereocenters. The Hall–Kier alpha value is -0.900. The fourth-order valence-corrected chi connectivity index (χ4v) is 4.10. The van der Waals surface area contributed by atoms with Crippen molar-refractivity contribution in [1.29, 1.82) is 0 Å². The Morgan fingerprint density at radius 2 is 1.79 bits per heavy atom. The normalized spacial score (nSPS) is 15.2. The molecule has 140 valence electrons. The van der Waals surface area contributed by atoms with Gasteiger partial charge in [0.25, 0.3) is 0 Å². The van der Waals surface area contributed by atoms with Gasteiger partial charge in [0.2, 0.25) is 5.91 Å². The molecule has 1 amide bonds. The quantitative estimate of drug-likeness (QED) is 0.378. The van der Waals surface area contributed by atoms with E-state index in [1.807, 2.05) is 0 Å². The van der Waals surface area contributed by atoms with E-state index in [9.17, 15) is 19.1 Å². The highest BCUT2D eigenvalue weighted by atomic mass is 31.2. The Bertz CT molecular complexity index is 493. The molecule has 0 radical (unpaired) electrons. The number of hydrogen-bond donors (Lipinski definition) is 3. The van der Waals surface area contributed by atoms with Gasteiger partial charge in [-0.25, -0.2) is 0 Å². The van der Waals surface area contributed by atoms with Crippen molar-refractivity contribution in [2.45, 2.75) is 72.4 Å². The lowest BCUT2D eigenvalue weighted by molar-refractivity contribution is -0.118. The van der Waals surface area contributed by atoms with Crippen LogP contribution < -0.4 is 5.32 Å². The van der Waals surface area contributed by atoms with E-state index in [0.717, 1.165) is 12.8 Å². The third-order valence-corrected chi connectivity index (χ3v) is 5.61. The lowest BCUT2D eigenvalue weighted by Crippen LogP contribution is -2.31. The van der Waals surface area contributed by atoms with E-state index in [1.165, 1.54) is 25.3 Å². The Morgan fingerprint density at radius 3 is 2.25 bits per heavy atom. The number of carbonyl (C=O) groups excluding carboxylic acids is 1. The summed E-state index contributed by atoms with van der Waals surface area (Å²) in [6.45, 7) is 13.3. The molecule has 0 aliphatic heterocycles. The molecule has 0 saturated carbocycles. The molecule has 0 fully saturated rings. The molecule has 5 nitrogen and oxygen atoms in total. The summed E-state index contributed by atoms with van der Waals surface area (Å²) in [6.07, 6.45) is 6.98. The van der Waals surface area contributed by atoms with E-state index >= 15 is 0 Å². The summed E-state index contributed by atoms with van der Waals surface area (Å²) < 4.78 is 11.8. The summed E-state index contributed by atoms with van der Waals surface area (Å²) in [5.41, 5.74) is 0.369. The lowest BCUT2D eigenvalue weighted by atomic mass is 9.97. The second-order valence-corrected chi connectivity index (χ2v) is 8.87. The summed E-state index contributed by atoms with van der Waals surface area (Å²) >= 11 is 0. The van der Waals surface area contributed by atoms with Gasteiger partial charge in [0.05, 0.1) is 0 Å². The molecule has 0 rings (SSSR count). The second kappa shape index (κ2) is 10.9. The van der Waals surface area contributed by atoms with Crippen LogP contribution in [0.4, 0.5) is 0 Å². The molecule has 0 aliphatic rings. The molecule has 0 aromatic heterocycles. The predicted molar refractivity (Wildman–Crippen MR) is 99.6 cm³/mol. The summed E-state index contributed by atoms with van der Waals surface area (Å²) in [7, 11) is -4.37. The lowest BCUT2D eigenvalue weighted by Gasteiger charge is -2.26. The molecule has 0 spiro atoms.